The summed E-state index contributed by atoms with van der Waals surface area (Å²) >= 11 is 0. The maximum absolute atomic E-state index is 13.1. The van der Waals surface area contributed by atoms with Crippen LogP contribution in [0.15, 0.2) is 48.9 Å². The number of carbonyl (C=O) groups excluding carboxylic acids is 1. The van der Waals surface area contributed by atoms with Gasteiger partial charge in [-0.05, 0) is 50.3 Å². The monoisotopic (exact) mass is 463 g/mol. The summed E-state index contributed by atoms with van der Waals surface area (Å²) in [6, 6.07) is 9.38. The highest BCUT2D eigenvalue weighted by molar-refractivity contribution is 6.07. The van der Waals surface area contributed by atoms with Gasteiger partial charge in [-0.25, -0.2) is 9.97 Å². The van der Waals surface area contributed by atoms with Gasteiger partial charge in [0.1, 0.15) is 5.75 Å². The zero-order valence-corrected chi connectivity index (χ0v) is 19.2. The van der Waals surface area contributed by atoms with E-state index in [9.17, 15) is 4.79 Å². The second-order valence-electron chi connectivity index (χ2n) is 7.77. The third-order valence-corrected chi connectivity index (χ3v) is 5.40. The van der Waals surface area contributed by atoms with Crippen LogP contribution in [-0.2, 0) is 4.74 Å². The Balaban J connectivity index is 1.49. The van der Waals surface area contributed by atoms with Gasteiger partial charge < -0.3 is 30.7 Å². The highest BCUT2D eigenvalue weighted by atomic mass is 16.5. The number of hydrogen-bond acceptors (Lipinski definition) is 9. The largest absolute Gasteiger partial charge is 0.494 e. The van der Waals surface area contributed by atoms with Gasteiger partial charge in [0.2, 0.25) is 0 Å². The number of anilines is 3. The molecule has 34 heavy (non-hydrogen) atoms. The fourth-order valence-electron chi connectivity index (χ4n) is 3.61. The molecule has 0 aliphatic carbocycles. The molecule has 10 heteroatoms. The molecule has 3 heterocycles. The van der Waals surface area contributed by atoms with Crippen molar-refractivity contribution < 1.29 is 14.3 Å². The standard InChI is InChI=1S/C24H29N7O3/c1-26-8-2-12-34-18-5-3-17(4-6-18)19-16-28-23(25)22(29-19)24(32)30-20-15-27-9-7-21(20)31-10-13-33-14-11-31/h3-7,9,15-16,26H,2,8,10-14H2,1H3,(H2,25,28)(H,30,32). The summed E-state index contributed by atoms with van der Waals surface area (Å²) in [5.41, 5.74) is 8.87. The number of carbonyl (C=O) groups is 1. The molecule has 1 aliphatic heterocycles. The molecule has 0 radical (unpaired) electrons. The van der Waals surface area contributed by atoms with Gasteiger partial charge in [0, 0.05) is 24.8 Å². The van der Waals surface area contributed by atoms with Crippen molar-refractivity contribution in [3.8, 4) is 17.0 Å². The van der Waals surface area contributed by atoms with E-state index in [1.807, 2.05) is 37.4 Å². The zero-order chi connectivity index (χ0) is 23.8. The third kappa shape index (κ3) is 5.77. The van der Waals surface area contributed by atoms with Crippen molar-refractivity contribution in [2.75, 3.05) is 62.5 Å². The Bertz CT molecular complexity index is 1100. The van der Waals surface area contributed by atoms with Crippen LogP contribution in [0.5, 0.6) is 5.75 Å². The first-order chi connectivity index (χ1) is 16.7. The van der Waals surface area contributed by atoms with Gasteiger partial charge in [-0.3, -0.25) is 9.78 Å². The number of nitrogens with one attached hydrogen (secondary N) is 2. The lowest BCUT2D eigenvalue weighted by molar-refractivity contribution is 0.102. The van der Waals surface area contributed by atoms with Gasteiger partial charge in [0.15, 0.2) is 11.5 Å². The maximum atomic E-state index is 13.1. The minimum Gasteiger partial charge on any atom is -0.494 e. The first-order valence-corrected chi connectivity index (χ1v) is 11.2. The molecule has 1 saturated heterocycles. The second kappa shape index (κ2) is 11.4. The lowest BCUT2D eigenvalue weighted by Gasteiger charge is -2.30. The van der Waals surface area contributed by atoms with E-state index < -0.39 is 5.91 Å². The number of aromatic nitrogens is 3. The number of ether oxygens (including phenoxy) is 2. The van der Waals surface area contributed by atoms with E-state index in [1.54, 1.807) is 18.6 Å². The van der Waals surface area contributed by atoms with Crippen LogP contribution in [0.25, 0.3) is 11.3 Å². The summed E-state index contributed by atoms with van der Waals surface area (Å²) in [7, 11) is 1.91. The average Bonchev–Trinajstić information content (AvgIpc) is 2.88. The Hall–Kier alpha value is -3.76. The van der Waals surface area contributed by atoms with Crippen molar-refractivity contribution >= 4 is 23.1 Å². The van der Waals surface area contributed by atoms with E-state index in [0.717, 1.165) is 43.1 Å². The summed E-state index contributed by atoms with van der Waals surface area (Å²) in [6.07, 6.45) is 5.79. The molecule has 3 aromatic rings. The number of benzene rings is 1. The number of hydrogen-bond donors (Lipinski definition) is 3. The first kappa shape index (κ1) is 23.4. The highest BCUT2D eigenvalue weighted by Crippen LogP contribution is 2.27. The number of pyridine rings is 1. The molecule has 4 N–H and O–H groups in total. The van der Waals surface area contributed by atoms with Crippen molar-refractivity contribution in [1.82, 2.24) is 20.3 Å². The van der Waals surface area contributed by atoms with E-state index in [2.05, 4.69) is 30.5 Å². The number of nitrogens with zero attached hydrogens (tertiary/aromatic N) is 4. The second-order valence-corrected chi connectivity index (χ2v) is 7.77. The van der Waals surface area contributed by atoms with Crippen LogP contribution < -0.4 is 26.0 Å². The van der Waals surface area contributed by atoms with E-state index in [-0.39, 0.29) is 11.5 Å². The molecule has 4 rings (SSSR count). The normalized spacial score (nSPS) is 13.5. The number of nitrogen functional groups attached to an aromatic ring is 1. The predicted molar refractivity (Wildman–Crippen MR) is 131 cm³/mol. The molecule has 0 saturated carbocycles. The SMILES string of the molecule is CNCCCOc1ccc(-c2cnc(N)c(C(=O)Nc3cnccc3N3CCOCC3)n2)cc1. The Kier molecular flexibility index (Phi) is 7.84. The summed E-state index contributed by atoms with van der Waals surface area (Å²) in [5, 5.41) is 5.98. The number of nitrogens with two attached hydrogens (primary N) is 1. The van der Waals surface area contributed by atoms with E-state index in [0.29, 0.717) is 31.2 Å². The van der Waals surface area contributed by atoms with Gasteiger partial charge in [0.25, 0.3) is 5.91 Å². The van der Waals surface area contributed by atoms with Crippen LogP contribution in [0.4, 0.5) is 17.2 Å². The van der Waals surface area contributed by atoms with Gasteiger partial charge in [-0.2, -0.15) is 0 Å². The smallest absolute Gasteiger partial charge is 0.278 e. The van der Waals surface area contributed by atoms with Gasteiger partial charge >= 0.3 is 0 Å². The molecular weight excluding hydrogens is 434 g/mol. The minimum atomic E-state index is -0.446. The molecule has 1 amide bonds. The molecule has 10 nitrogen and oxygen atoms in total. The maximum Gasteiger partial charge on any atom is 0.278 e. The number of rotatable bonds is 9. The van der Waals surface area contributed by atoms with Gasteiger partial charge in [-0.1, -0.05) is 0 Å². The zero-order valence-electron chi connectivity index (χ0n) is 19.2. The summed E-state index contributed by atoms with van der Waals surface area (Å²) in [5.74, 6) is 0.384. The first-order valence-electron chi connectivity index (χ1n) is 11.2. The number of morpholine rings is 1. The molecule has 1 fully saturated rings. The van der Waals surface area contributed by atoms with Gasteiger partial charge in [0.05, 0.1) is 49.3 Å². The van der Waals surface area contributed by atoms with Crippen LogP contribution in [-0.4, -0.2) is 67.4 Å². The Labute approximate surface area is 198 Å². The van der Waals surface area contributed by atoms with E-state index >= 15 is 0 Å². The average molecular weight is 464 g/mol. The topological polar surface area (TPSA) is 128 Å². The lowest BCUT2D eigenvalue weighted by atomic mass is 10.1. The fourth-order valence-corrected chi connectivity index (χ4v) is 3.61. The molecule has 0 atom stereocenters. The fraction of sp³-hybridized carbons (Fsp3) is 0.333. The molecule has 178 valence electrons. The Morgan fingerprint density at radius 1 is 1.18 bits per heavy atom. The van der Waals surface area contributed by atoms with Crippen LogP contribution >= 0.6 is 0 Å². The summed E-state index contributed by atoms with van der Waals surface area (Å²) in [4.78, 5) is 28.1. The van der Waals surface area contributed by atoms with E-state index in [4.69, 9.17) is 15.2 Å². The molecule has 0 bridgehead atoms. The van der Waals surface area contributed by atoms with Crippen molar-refractivity contribution in [2.24, 2.45) is 0 Å². The van der Waals surface area contributed by atoms with Crippen LogP contribution in [0.3, 0.4) is 0 Å². The number of amides is 1. The molecule has 1 aliphatic rings. The van der Waals surface area contributed by atoms with Crippen LogP contribution in [0.1, 0.15) is 16.9 Å². The van der Waals surface area contributed by atoms with E-state index in [1.165, 1.54) is 0 Å². The molecule has 0 spiro atoms. The molecule has 1 aromatic carbocycles. The highest BCUT2D eigenvalue weighted by Gasteiger charge is 2.19. The van der Waals surface area contributed by atoms with Gasteiger partial charge in [-0.15, -0.1) is 0 Å². The summed E-state index contributed by atoms with van der Waals surface area (Å²) < 4.78 is 11.2. The van der Waals surface area contributed by atoms with Crippen molar-refractivity contribution in [3.05, 3.63) is 54.6 Å². The molecular formula is C24H29N7O3. The predicted octanol–water partition coefficient (Wildman–Crippen LogP) is 2.20. The lowest BCUT2D eigenvalue weighted by Crippen LogP contribution is -2.36. The van der Waals surface area contributed by atoms with Crippen molar-refractivity contribution in [2.45, 2.75) is 6.42 Å². The molecule has 2 aromatic heterocycles. The van der Waals surface area contributed by atoms with Crippen LogP contribution in [0, 0.1) is 0 Å². The third-order valence-electron chi connectivity index (χ3n) is 5.40. The Morgan fingerprint density at radius 2 is 1.97 bits per heavy atom. The quantitative estimate of drug-likeness (QED) is 0.409. The minimum absolute atomic E-state index is 0.0571. The summed E-state index contributed by atoms with van der Waals surface area (Å²) in [6.45, 7) is 4.27. The molecule has 0 unspecified atom stereocenters. The van der Waals surface area contributed by atoms with Crippen molar-refractivity contribution in [3.63, 3.8) is 0 Å². The van der Waals surface area contributed by atoms with Crippen LogP contribution in [0.2, 0.25) is 0 Å². The Morgan fingerprint density at radius 3 is 2.74 bits per heavy atom. The van der Waals surface area contributed by atoms with Crippen molar-refractivity contribution in [1.29, 1.82) is 0 Å².